The zero-order valence-electron chi connectivity index (χ0n) is 11.2. The summed E-state index contributed by atoms with van der Waals surface area (Å²) in [4.78, 5) is 11.8. The molecule has 1 aliphatic rings. The van der Waals surface area contributed by atoms with Crippen LogP contribution < -0.4 is 10.6 Å². The van der Waals surface area contributed by atoms with Crippen molar-refractivity contribution in [3.63, 3.8) is 0 Å². The Morgan fingerprint density at radius 2 is 2.21 bits per heavy atom. The van der Waals surface area contributed by atoms with Crippen molar-refractivity contribution in [1.82, 2.24) is 10.6 Å². The molecule has 1 atom stereocenters. The predicted molar refractivity (Wildman–Crippen MR) is 75.2 cm³/mol. The van der Waals surface area contributed by atoms with E-state index in [1.165, 1.54) is 0 Å². The van der Waals surface area contributed by atoms with E-state index in [9.17, 15) is 4.79 Å². The summed E-state index contributed by atoms with van der Waals surface area (Å²) in [6.07, 6.45) is 0. The van der Waals surface area contributed by atoms with Gasteiger partial charge in [-0.05, 0) is 25.5 Å². The quantitative estimate of drug-likeness (QED) is 0.867. The van der Waals surface area contributed by atoms with E-state index in [2.05, 4.69) is 10.6 Å². The van der Waals surface area contributed by atoms with E-state index >= 15 is 0 Å². The maximum absolute atomic E-state index is 11.8. The highest BCUT2D eigenvalue weighted by molar-refractivity contribution is 6.31. The third-order valence-electron chi connectivity index (χ3n) is 3.30. The van der Waals surface area contributed by atoms with Crippen LogP contribution in [0.1, 0.15) is 25.5 Å². The van der Waals surface area contributed by atoms with Crippen LogP contribution in [0.4, 0.5) is 0 Å². The second kappa shape index (κ2) is 5.90. The molecule has 4 nitrogen and oxygen atoms in total. The van der Waals surface area contributed by atoms with Crippen LogP contribution in [-0.4, -0.2) is 31.2 Å². The van der Waals surface area contributed by atoms with Crippen molar-refractivity contribution < 1.29 is 9.53 Å². The summed E-state index contributed by atoms with van der Waals surface area (Å²) < 4.78 is 5.59. The monoisotopic (exact) mass is 282 g/mol. The fourth-order valence-electron chi connectivity index (χ4n) is 2.01. The van der Waals surface area contributed by atoms with Gasteiger partial charge in [0.15, 0.2) is 0 Å². The molecule has 0 spiro atoms. The minimum absolute atomic E-state index is 0.0764. The van der Waals surface area contributed by atoms with E-state index in [1.54, 1.807) is 0 Å². The molecule has 104 valence electrons. The Balaban J connectivity index is 1.83. The second-order valence-electron chi connectivity index (χ2n) is 5.15. The third-order valence-corrected chi connectivity index (χ3v) is 3.64. The number of nitrogens with one attached hydrogen (secondary N) is 2. The second-order valence-corrected chi connectivity index (χ2v) is 5.56. The Kier molecular flexibility index (Phi) is 4.45. The number of ether oxygens (including phenoxy) is 1. The van der Waals surface area contributed by atoms with Crippen LogP contribution in [-0.2, 0) is 9.53 Å². The smallest absolute Gasteiger partial charge is 0.246 e. The van der Waals surface area contributed by atoms with Gasteiger partial charge in [-0.2, -0.15) is 0 Å². The number of halogens is 1. The predicted octanol–water partition coefficient (Wildman–Crippen LogP) is 1.90. The summed E-state index contributed by atoms with van der Waals surface area (Å²) in [6.45, 7) is 5.56. The van der Waals surface area contributed by atoms with Crippen molar-refractivity contribution in [3.05, 3.63) is 34.9 Å². The number of hydrogen-bond donors (Lipinski definition) is 2. The molecule has 0 bridgehead atoms. The number of rotatable bonds is 5. The molecule has 0 aromatic heterocycles. The molecule has 1 aliphatic heterocycles. The maximum Gasteiger partial charge on any atom is 0.246 e. The van der Waals surface area contributed by atoms with Crippen molar-refractivity contribution in [1.29, 1.82) is 0 Å². The van der Waals surface area contributed by atoms with Gasteiger partial charge in [-0.3, -0.25) is 4.79 Å². The average Bonchev–Trinajstić information content (AvgIpc) is 2.34. The van der Waals surface area contributed by atoms with Crippen LogP contribution in [0.25, 0.3) is 0 Å². The van der Waals surface area contributed by atoms with Gasteiger partial charge in [0.2, 0.25) is 5.91 Å². The number of carbonyl (C=O) groups excluding carboxylic acids is 1. The zero-order valence-corrected chi connectivity index (χ0v) is 12.0. The van der Waals surface area contributed by atoms with E-state index in [-0.39, 0.29) is 24.2 Å². The van der Waals surface area contributed by atoms with Crippen LogP contribution in [0.5, 0.6) is 0 Å². The highest BCUT2D eigenvalue weighted by Crippen LogP contribution is 2.22. The minimum Gasteiger partial charge on any atom is -0.363 e. The van der Waals surface area contributed by atoms with Crippen molar-refractivity contribution in [2.75, 3.05) is 19.7 Å². The van der Waals surface area contributed by atoms with Crippen LogP contribution in [0.3, 0.4) is 0 Å². The molecule has 0 radical (unpaired) electrons. The topological polar surface area (TPSA) is 50.4 Å². The summed E-state index contributed by atoms with van der Waals surface area (Å²) >= 11 is 6.09. The summed E-state index contributed by atoms with van der Waals surface area (Å²) in [7, 11) is 0. The molecule has 2 N–H and O–H groups in total. The Morgan fingerprint density at radius 3 is 2.79 bits per heavy atom. The van der Waals surface area contributed by atoms with Crippen LogP contribution in [0, 0.1) is 0 Å². The SMILES string of the molecule is C[C@@H](NC(=O)COC1(C)CNC1)c1ccccc1Cl. The summed E-state index contributed by atoms with van der Waals surface area (Å²) in [5, 5.41) is 6.67. The molecule has 5 heteroatoms. The Hall–Kier alpha value is -1.10. The maximum atomic E-state index is 11.8. The van der Waals surface area contributed by atoms with Gasteiger partial charge < -0.3 is 15.4 Å². The van der Waals surface area contributed by atoms with Gasteiger partial charge >= 0.3 is 0 Å². The normalized spacial score (nSPS) is 18.5. The lowest BCUT2D eigenvalue weighted by Crippen LogP contribution is -2.59. The standard InChI is InChI=1S/C14H19ClN2O2/c1-10(11-5-3-4-6-12(11)15)17-13(18)7-19-14(2)8-16-9-14/h3-6,10,16H,7-9H2,1-2H3,(H,17,18)/t10-/m1/s1. The Labute approximate surface area is 118 Å². The van der Waals surface area contributed by atoms with Gasteiger partial charge in [-0.25, -0.2) is 0 Å². The zero-order chi connectivity index (χ0) is 13.9. The minimum atomic E-state index is -0.203. The van der Waals surface area contributed by atoms with Crippen LogP contribution >= 0.6 is 11.6 Å². The molecule has 1 saturated heterocycles. The molecule has 1 aromatic carbocycles. The number of carbonyl (C=O) groups is 1. The van der Waals surface area contributed by atoms with Gasteiger partial charge in [0, 0.05) is 18.1 Å². The molecule has 1 fully saturated rings. The first-order valence-corrected chi connectivity index (χ1v) is 6.76. The van der Waals surface area contributed by atoms with Gasteiger partial charge in [-0.1, -0.05) is 29.8 Å². The molecule has 0 saturated carbocycles. The highest BCUT2D eigenvalue weighted by atomic mass is 35.5. The van der Waals surface area contributed by atoms with Gasteiger partial charge in [-0.15, -0.1) is 0 Å². The van der Waals surface area contributed by atoms with Crippen molar-refractivity contribution in [2.45, 2.75) is 25.5 Å². The van der Waals surface area contributed by atoms with E-state index in [1.807, 2.05) is 38.1 Å². The molecule has 0 aliphatic carbocycles. The van der Waals surface area contributed by atoms with Gasteiger partial charge in [0.1, 0.15) is 6.61 Å². The lowest BCUT2D eigenvalue weighted by atomic mass is 10.0. The number of amides is 1. The van der Waals surface area contributed by atoms with E-state index in [0.29, 0.717) is 5.02 Å². The molecule has 1 heterocycles. The average molecular weight is 283 g/mol. The van der Waals surface area contributed by atoms with E-state index in [0.717, 1.165) is 18.7 Å². The molecular formula is C14H19ClN2O2. The summed E-state index contributed by atoms with van der Waals surface area (Å²) in [5.74, 6) is -0.124. The molecule has 1 amide bonds. The Bertz CT molecular complexity index is 461. The summed E-state index contributed by atoms with van der Waals surface area (Å²) in [6, 6.07) is 7.37. The molecular weight excluding hydrogens is 264 g/mol. The number of benzene rings is 1. The fraction of sp³-hybridized carbons (Fsp3) is 0.500. The first-order valence-electron chi connectivity index (χ1n) is 6.39. The lowest BCUT2D eigenvalue weighted by molar-refractivity contribution is -0.136. The van der Waals surface area contributed by atoms with Crippen molar-refractivity contribution in [2.24, 2.45) is 0 Å². The van der Waals surface area contributed by atoms with E-state index in [4.69, 9.17) is 16.3 Å². The lowest BCUT2D eigenvalue weighted by Gasteiger charge is -2.38. The Morgan fingerprint density at radius 1 is 1.53 bits per heavy atom. The van der Waals surface area contributed by atoms with Gasteiger partial charge in [0.25, 0.3) is 0 Å². The van der Waals surface area contributed by atoms with Gasteiger partial charge in [0.05, 0.1) is 11.6 Å². The van der Waals surface area contributed by atoms with Crippen molar-refractivity contribution >= 4 is 17.5 Å². The fourth-order valence-corrected chi connectivity index (χ4v) is 2.31. The molecule has 19 heavy (non-hydrogen) atoms. The molecule has 1 aromatic rings. The van der Waals surface area contributed by atoms with Crippen LogP contribution in [0.2, 0.25) is 5.02 Å². The largest absolute Gasteiger partial charge is 0.363 e. The highest BCUT2D eigenvalue weighted by Gasteiger charge is 2.33. The summed E-state index contributed by atoms with van der Waals surface area (Å²) in [5.41, 5.74) is 0.708. The third kappa shape index (κ3) is 3.69. The molecule has 0 unspecified atom stereocenters. The van der Waals surface area contributed by atoms with E-state index < -0.39 is 0 Å². The van der Waals surface area contributed by atoms with Crippen molar-refractivity contribution in [3.8, 4) is 0 Å². The van der Waals surface area contributed by atoms with Crippen LogP contribution in [0.15, 0.2) is 24.3 Å². The first-order chi connectivity index (χ1) is 9.00. The first kappa shape index (κ1) is 14.3. The number of hydrogen-bond acceptors (Lipinski definition) is 3. The molecule has 2 rings (SSSR count).